The third kappa shape index (κ3) is 1.98. The van der Waals surface area contributed by atoms with Gasteiger partial charge in [-0.15, -0.1) is 0 Å². The first-order chi connectivity index (χ1) is 6.77. The monoisotopic (exact) mass is 193 g/mol. The Morgan fingerprint density at radius 1 is 1.50 bits per heavy atom. The lowest BCUT2D eigenvalue weighted by atomic mass is 10.2. The third-order valence-electron chi connectivity index (χ3n) is 3.18. The van der Waals surface area contributed by atoms with E-state index >= 15 is 0 Å². The first kappa shape index (κ1) is 9.71. The molecule has 2 rings (SSSR count). The largest absolute Gasteiger partial charge is 0.308 e. The summed E-state index contributed by atoms with van der Waals surface area (Å²) in [6, 6.07) is 0.740. The van der Waals surface area contributed by atoms with Crippen LogP contribution in [-0.4, -0.2) is 15.8 Å². The van der Waals surface area contributed by atoms with Gasteiger partial charge in [-0.3, -0.25) is 4.68 Å². The van der Waals surface area contributed by atoms with E-state index in [0.717, 1.165) is 12.6 Å². The van der Waals surface area contributed by atoms with Crippen LogP contribution in [0.5, 0.6) is 0 Å². The molecule has 0 aliphatic heterocycles. The topological polar surface area (TPSA) is 29.9 Å². The van der Waals surface area contributed by atoms with Crippen LogP contribution >= 0.6 is 0 Å². The minimum absolute atomic E-state index is 0.740. The van der Waals surface area contributed by atoms with Crippen LogP contribution in [0.2, 0.25) is 0 Å². The second-order valence-electron chi connectivity index (χ2n) is 4.26. The van der Waals surface area contributed by atoms with Gasteiger partial charge in [0.1, 0.15) is 0 Å². The molecule has 1 fully saturated rings. The summed E-state index contributed by atoms with van der Waals surface area (Å²) in [4.78, 5) is 0. The third-order valence-corrected chi connectivity index (χ3v) is 3.18. The Bertz CT molecular complexity index is 278. The molecule has 0 saturated heterocycles. The van der Waals surface area contributed by atoms with Gasteiger partial charge < -0.3 is 5.32 Å². The number of nitrogens with zero attached hydrogens (tertiary/aromatic N) is 2. The summed E-state index contributed by atoms with van der Waals surface area (Å²) in [5.41, 5.74) is 2.61. The second kappa shape index (κ2) is 4.13. The van der Waals surface area contributed by atoms with Crippen LogP contribution in [0.15, 0.2) is 6.20 Å². The van der Waals surface area contributed by atoms with E-state index in [-0.39, 0.29) is 0 Å². The molecule has 0 amide bonds. The fourth-order valence-corrected chi connectivity index (χ4v) is 2.20. The molecule has 3 heteroatoms. The number of aryl methyl sites for hydroxylation is 2. The van der Waals surface area contributed by atoms with Crippen molar-refractivity contribution in [1.82, 2.24) is 15.1 Å². The van der Waals surface area contributed by atoms with E-state index in [4.69, 9.17) is 0 Å². The Kier molecular flexibility index (Phi) is 2.87. The molecule has 0 unspecified atom stereocenters. The molecule has 1 aliphatic rings. The molecule has 1 aliphatic carbocycles. The van der Waals surface area contributed by atoms with Gasteiger partial charge in [-0.1, -0.05) is 12.8 Å². The summed E-state index contributed by atoms with van der Waals surface area (Å²) in [6.07, 6.45) is 7.41. The van der Waals surface area contributed by atoms with Gasteiger partial charge in [0.25, 0.3) is 0 Å². The summed E-state index contributed by atoms with van der Waals surface area (Å²) >= 11 is 0. The SMILES string of the molecule is Cc1cnn(C)c1CNC1CCCC1. The number of nitrogens with one attached hydrogen (secondary N) is 1. The van der Waals surface area contributed by atoms with Gasteiger partial charge in [0.05, 0.1) is 11.9 Å². The number of hydrogen-bond donors (Lipinski definition) is 1. The molecule has 1 aromatic heterocycles. The lowest BCUT2D eigenvalue weighted by Crippen LogP contribution is -2.26. The molecule has 0 atom stereocenters. The molecule has 1 saturated carbocycles. The van der Waals surface area contributed by atoms with E-state index in [2.05, 4.69) is 17.3 Å². The Morgan fingerprint density at radius 3 is 2.79 bits per heavy atom. The maximum atomic E-state index is 4.24. The average molecular weight is 193 g/mol. The van der Waals surface area contributed by atoms with Gasteiger partial charge in [-0.25, -0.2) is 0 Å². The second-order valence-corrected chi connectivity index (χ2v) is 4.26. The highest BCUT2D eigenvalue weighted by molar-refractivity contribution is 5.15. The first-order valence-corrected chi connectivity index (χ1v) is 5.48. The van der Waals surface area contributed by atoms with E-state index < -0.39 is 0 Å². The number of aromatic nitrogens is 2. The maximum absolute atomic E-state index is 4.24. The summed E-state index contributed by atoms with van der Waals surface area (Å²) in [5.74, 6) is 0. The maximum Gasteiger partial charge on any atom is 0.0547 e. The summed E-state index contributed by atoms with van der Waals surface area (Å²) in [5, 5.41) is 7.84. The minimum atomic E-state index is 0.740. The summed E-state index contributed by atoms with van der Waals surface area (Å²) in [7, 11) is 2.01. The van der Waals surface area contributed by atoms with Gasteiger partial charge in [-0.2, -0.15) is 5.10 Å². The first-order valence-electron chi connectivity index (χ1n) is 5.48. The van der Waals surface area contributed by atoms with Gasteiger partial charge in [0, 0.05) is 19.6 Å². The predicted molar refractivity (Wildman–Crippen MR) is 57.0 cm³/mol. The lowest BCUT2D eigenvalue weighted by molar-refractivity contribution is 0.506. The Labute approximate surface area is 85.5 Å². The van der Waals surface area contributed by atoms with Crippen LogP contribution in [0.3, 0.4) is 0 Å². The van der Waals surface area contributed by atoms with E-state index in [1.807, 2.05) is 17.9 Å². The zero-order chi connectivity index (χ0) is 9.97. The Morgan fingerprint density at radius 2 is 2.21 bits per heavy atom. The average Bonchev–Trinajstić information content (AvgIpc) is 2.76. The Hall–Kier alpha value is -0.830. The zero-order valence-corrected chi connectivity index (χ0v) is 9.08. The molecule has 78 valence electrons. The van der Waals surface area contributed by atoms with Crippen LogP contribution < -0.4 is 5.32 Å². The summed E-state index contributed by atoms with van der Waals surface area (Å²) < 4.78 is 1.97. The molecule has 0 spiro atoms. The quantitative estimate of drug-likeness (QED) is 0.792. The minimum Gasteiger partial charge on any atom is -0.308 e. The van der Waals surface area contributed by atoms with Crippen LogP contribution in [0.25, 0.3) is 0 Å². The van der Waals surface area contributed by atoms with Crippen LogP contribution in [0.4, 0.5) is 0 Å². The van der Waals surface area contributed by atoms with Crippen molar-refractivity contribution in [1.29, 1.82) is 0 Å². The molecule has 1 aromatic rings. The van der Waals surface area contributed by atoms with E-state index in [0.29, 0.717) is 0 Å². The van der Waals surface area contributed by atoms with Crippen LogP contribution in [0, 0.1) is 6.92 Å². The molecular formula is C11H19N3. The van der Waals surface area contributed by atoms with Crippen molar-refractivity contribution in [3.8, 4) is 0 Å². The predicted octanol–water partition coefficient (Wildman–Crippen LogP) is 1.76. The van der Waals surface area contributed by atoms with E-state index in [1.165, 1.54) is 36.9 Å². The van der Waals surface area contributed by atoms with Crippen LogP contribution in [0.1, 0.15) is 36.9 Å². The van der Waals surface area contributed by atoms with E-state index in [1.54, 1.807) is 0 Å². The molecule has 0 bridgehead atoms. The molecule has 1 N–H and O–H groups in total. The van der Waals surface area contributed by atoms with Crippen molar-refractivity contribution >= 4 is 0 Å². The lowest BCUT2D eigenvalue weighted by Gasteiger charge is -2.12. The molecule has 14 heavy (non-hydrogen) atoms. The highest BCUT2D eigenvalue weighted by atomic mass is 15.3. The van der Waals surface area contributed by atoms with Gasteiger partial charge >= 0.3 is 0 Å². The van der Waals surface area contributed by atoms with Crippen LogP contribution in [-0.2, 0) is 13.6 Å². The zero-order valence-electron chi connectivity index (χ0n) is 9.08. The summed E-state index contributed by atoms with van der Waals surface area (Å²) in [6.45, 7) is 3.09. The van der Waals surface area contributed by atoms with E-state index in [9.17, 15) is 0 Å². The van der Waals surface area contributed by atoms with Crippen molar-refractivity contribution in [2.45, 2.75) is 45.2 Å². The molecule has 0 radical (unpaired) electrons. The Balaban J connectivity index is 1.90. The fraction of sp³-hybridized carbons (Fsp3) is 0.727. The van der Waals surface area contributed by atoms with Gasteiger partial charge in [-0.05, 0) is 25.3 Å². The van der Waals surface area contributed by atoms with Gasteiger partial charge in [0.15, 0.2) is 0 Å². The van der Waals surface area contributed by atoms with Crippen molar-refractivity contribution in [3.05, 3.63) is 17.5 Å². The van der Waals surface area contributed by atoms with Crippen molar-refractivity contribution in [2.24, 2.45) is 7.05 Å². The van der Waals surface area contributed by atoms with Crippen molar-refractivity contribution in [2.75, 3.05) is 0 Å². The number of hydrogen-bond acceptors (Lipinski definition) is 2. The normalized spacial score (nSPS) is 17.9. The molecule has 1 heterocycles. The molecular weight excluding hydrogens is 174 g/mol. The fourth-order valence-electron chi connectivity index (χ4n) is 2.20. The smallest absolute Gasteiger partial charge is 0.0547 e. The van der Waals surface area contributed by atoms with Gasteiger partial charge in [0.2, 0.25) is 0 Å². The highest BCUT2D eigenvalue weighted by Gasteiger charge is 2.14. The van der Waals surface area contributed by atoms with Crippen molar-refractivity contribution < 1.29 is 0 Å². The van der Waals surface area contributed by atoms with Crippen molar-refractivity contribution in [3.63, 3.8) is 0 Å². The molecule has 3 nitrogen and oxygen atoms in total. The molecule has 0 aromatic carbocycles. The standard InChI is InChI=1S/C11H19N3/c1-9-7-13-14(2)11(9)8-12-10-5-3-4-6-10/h7,10,12H,3-6,8H2,1-2H3. The highest BCUT2D eigenvalue weighted by Crippen LogP contribution is 2.18. The number of rotatable bonds is 3.